The highest BCUT2D eigenvalue weighted by Gasteiger charge is 2.26. The topological polar surface area (TPSA) is 104 Å². The number of nitrogens with two attached hydrogens (primary N) is 1. The molecule has 132 valence electrons. The van der Waals surface area contributed by atoms with Crippen LogP contribution < -0.4 is 16.6 Å². The van der Waals surface area contributed by atoms with Crippen molar-refractivity contribution in [2.75, 3.05) is 0 Å². The Morgan fingerprint density at radius 2 is 1.79 bits per heavy atom. The molecular formula is C18H27N3O3. The van der Waals surface area contributed by atoms with Gasteiger partial charge in [0.1, 0.15) is 6.10 Å². The molecule has 1 fully saturated rings. The van der Waals surface area contributed by atoms with E-state index in [1.807, 2.05) is 19.1 Å². The summed E-state index contributed by atoms with van der Waals surface area (Å²) in [6, 6.07) is 6.34. The van der Waals surface area contributed by atoms with E-state index >= 15 is 0 Å². The fourth-order valence-corrected chi connectivity index (χ4v) is 3.10. The fourth-order valence-electron chi connectivity index (χ4n) is 3.10. The van der Waals surface area contributed by atoms with Gasteiger partial charge in [-0.1, -0.05) is 49.8 Å². The average molecular weight is 333 g/mol. The maximum absolute atomic E-state index is 12.0. The van der Waals surface area contributed by atoms with Gasteiger partial charge in [0.15, 0.2) is 0 Å². The maximum Gasteiger partial charge on any atom is 0.269 e. The quantitative estimate of drug-likeness (QED) is 0.612. The fraction of sp³-hybridized carbons (Fsp3) is 0.556. The van der Waals surface area contributed by atoms with Crippen LogP contribution in [-0.4, -0.2) is 29.1 Å². The third kappa shape index (κ3) is 5.32. The molecule has 0 aliphatic heterocycles. The number of nitrogens with one attached hydrogen (secondary N) is 2. The Morgan fingerprint density at radius 3 is 2.42 bits per heavy atom. The second-order valence-corrected chi connectivity index (χ2v) is 6.66. The number of aliphatic hydroxyl groups is 1. The molecule has 6 heteroatoms. The lowest BCUT2D eigenvalue weighted by molar-refractivity contribution is -0.131. The molecule has 5 N–H and O–H groups in total. The minimum Gasteiger partial charge on any atom is -0.382 e. The SMILES string of the molecule is Cc1ccc(C(=O)NNC(=O)C(O)[C@H](N)CC2CCCCC2)cc1. The minimum atomic E-state index is -1.33. The first-order valence-electron chi connectivity index (χ1n) is 8.58. The van der Waals surface area contributed by atoms with Gasteiger partial charge < -0.3 is 10.8 Å². The van der Waals surface area contributed by atoms with Crippen LogP contribution in [0.2, 0.25) is 0 Å². The van der Waals surface area contributed by atoms with Crippen molar-refractivity contribution in [2.24, 2.45) is 11.7 Å². The number of benzene rings is 1. The Labute approximate surface area is 142 Å². The molecule has 1 aromatic carbocycles. The van der Waals surface area contributed by atoms with Gasteiger partial charge in [-0.05, 0) is 31.4 Å². The first-order valence-corrected chi connectivity index (χ1v) is 8.58. The smallest absolute Gasteiger partial charge is 0.269 e. The molecule has 0 bridgehead atoms. The number of carbonyl (C=O) groups excluding carboxylic acids is 2. The van der Waals surface area contributed by atoms with Crippen LogP contribution in [0.1, 0.15) is 54.4 Å². The van der Waals surface area contributed by atoms with Crippen LogP contribution in [0.4, 0.5) is 0 Å². The molecule has 24 heavy (non-hydrogen) atoms. The van der Waals surface area contributed by atoms with Gasteiger partial charge in [-0.15, -0.1) is 0 Å². The molecule has 1 aliphatic carbocycles. The maximum atomic E-state index is 12.0. The number of amides is 2. The van der Waals surface area contributed by atoms with Gasteiger partial charge in [0.2, 0.25) is 0 Å². The molecule has 2 atom stereocenters. The Kier molecular flexibility index (Phi) is 6.75. The lowest BCUT2D eigenvalue weighted by Crippen LogP contribution is -2.52. The van der Waals surface area contributed by atoms with Crippen molar-refractivity contribution in [3.8, 4) is 0 Å². The summed E-state index contributed by atoms with van der Waals surface area (Å²) in [6.45, 7) is 1.92. The van der Waals surface area contributed by atoms with E-state index in [-0.39, 0.29) is 0 Å². The van der Waals surface area contributed by atoms with E-state index in [0.29, 0.717) is 17.9 Å². The molecule has 0 heterocycles. The zero-order chi connectivity index (χ0) is 17.5. The van der Waals surface area contributed by atoms with Gasteiger partial charge in [-0.3, -0.25) is 20.4 Å². The van der Waals surface area contributed by atoms with E-state index in [9.17, 15) is 14.7 Å². The van der Waals surface area contributed by atoms with Gasteiger partial charge in [0.25, 0.3) is 11.8 Å². The van der Waals surface area contributed by atoms with E-state index in [0.717, 1.165) is 18.4 Å². The lowest BCUT2D eigenvalue weighted by Gasteiger charge is -2.26. The first kappa shape index (κ1) is 18.4. The third-order valence-corrected chi connectivity index (χ3v) is 4.62. The average Bonchev–Trinajstić information content (AvgIpc) is 2.60. The largest absolute Gasteiger partial charge is 0.382 e. The summed E-state index contributed by atoms with van der Waals surface area (Å²) in [5.41, 5.74) is 12.0. The van der Waals surface area contributed by atoms with Crippen LogP contribution in [0.15, 0.2) is 24.3 Å². The summed E-state index contributed by atoms with van der Waals surface area (Å²) in [7, 11) is 0. The van der Waals surface area contributed by atoms with Crippen molar-refractivity contribution in [3.63, 3.8) is 0 Å². The highest BCUT2D eigenvalue weighted by Crippen LogP contribution is 2.27. The molecule has 1 aliphatic rings. The summed E-state index contributed by atoms with van der Waals surface area (Å²) in [4.78, 5) is 23.9. The standard InChI is InChI=1S/C18H27N3O3/c1-12-7-9-14(10-8-12)17(23)20-21-18(24)16(22)15(19)11-13-5-3-2-4-6-13/h7-10,13,15-16,22H,2-6,11,19H2,1H3,(H,20,23)(H,21,24)/t15-,16?/m1/s1. The number of hydrogen-bond acceptors (Lipinski definition) is 4. The van der Waals surface area contributed by atoms with Crippen molar-refractivity contribution in [3.05, 3.63) is 35.4 Å². The molecule has 0 spiro atoms. The number of rotatable bonds is 5. The second-order valence-electron chi connectivity index (χ2n) is 6.66. The Hall–Kier alpha value is -1.92. The second kappa shape index (κ2) is 8.80. The van der Waals surface area contributed by atoms with E-state index in [1.165, 1.54) is 19.3 Å². The Balaban J connectivity index is 1.77. The number of hydrogen-bond donors (Lipinski definition) is 4. The van der Waals surface area contributed by atoms with Gasteiger partial charge in [-0.2, -0.15) is 0 Å². The van der Waals surface area contributed by atoms with E-state index in [1.54, 1.807) is 12.1 Å². The number of hydrazine groups is 1. The highest BCUT2D eigenvalue weighted by atomic mass is 16.3. The molecule has 1 saturated carbocycles. The molecule has 2 amide bonds. The van der Waals surface area contributed by atoms with Crippen LogP contribution >= 0.6 is 0 Å². The normalized spacial score (nSPS) is 17.8. The molecule has 2 rings (SSSR count). The molecular weight excluding hydrogens is 306 g/mol. The molecule has 0 aromatic heterocycles. The summed E-state index contributed by atoms with van der Waals surface area (Å²) >= 11 is 0. The van der Waals surface area contributed by atoms with Gasteiger partial charge in [-0.25, -0.2) is 0 Å². The van der Waals surface area contributed by atoms with Crippen molar-refractivity contribution in [2.45, 2.75) is 57.6 Å². The molecule has 1 aromatic rings. The molecule has 0 radical (unpaired) electrons. The van der Waals surface area contributed by atoms with Crippen LogP contribution in [0.5, 0.6) is 0 Å². The van der Waals surface area contributed by atoms with Crippen molar-refractivity contribution in [1.82, 2.24) is 10.9 Å². The summed E-state index contributed by atoms with van der Waals surface area (Å²) in [5.74, 6) is -0.645. The van der Waals surface area contributed by atoms with Gasteiger partial charge in [0.05, 0.1) is 0 Å². The molecule has 6 nitrogen and oxygen atoms in total. The minimum absolute atomic E-state index is 0.432. The number of aliphatic hydroxyl groups excluding tert-OH is 1. The van der Waals surface area contributed by atoms with Crippen molar-refractivity contribution in [1.29, 1.82) is 0 Å². The highest BCUT2D eigenvalue weighted by molar-refractivity contribution is 5.95. The van der Waals surface area contributed by atoms with Crippen molar-refractivity contribution >= 4 is 11.8 Å². The van der Waals surface area contributed by atoms with E-state index in [4.69, 9.17) is 5.73 Å². The predicted molar refractivity (Wildman–Crippen MR) is 92.0 cm³/mol. The van der Waals surface area contributed by atoms with E-state index < -0.39 is 24.0 Å². The number of carbonyl (C=O) groups is 2. The predicted octanol–water partition coefficient (Wildman–Crippen LogP) is 1.41. The van der Waals surface area contributed by atoms with Crippen LogP contribution in [0.3, 0.4) is 0 Å². The zero-order valence-corrected chi connectivity index (χ0v) is 14.1. The van der Waals surface area contributed by atoms with Crippen LogP contribution in [-0.2, 0) is 4.79 Å². The van der Waals surface area contributed by atoms with Gasteiger partial charge >= 0.3 is 0 Å². The Morgan fingerprint density at radius 1 is 1.17 bits per heavy atom. The van der Waals surface area contributed by atoms with Crippen LogP contribution in [0, 0.1) is 12.8 Å². The molecule has 0 saturated heterocycles. The summed E-state index contributed by atoms with van der Waals surface area (Å²) in [6.07, 6.45) is 5.13. The summed E-state index contributed by atoms with van der Waals surface area (Å²) in [5, 5.41) is 10.0. The number of aryl methyl sites for hydroxylation is 1. The first-order chi connectivity index (χ1) is 11.5. The monoisotopic (exact) mass is 333 g/mol. The lowest BCUT2D eigenvalue weighted by atomic mass is 9.84. The van der Waals surface area contributed by atoms with E-state index in [2.05, 4.69) is 10.9 Å². The Bertz CT molecular complexity index is 553. The molecule has 1 unspecified atom stereocenters. The zero-order valence-electron chi connectivity index (χ0n) is 14.1. The summed E-state index contributed by atoms with van der Waals surface area (Å²) < 4.78 is 0. The van der Waals surface area contributed by atoms with Crippen LogP contribution in [0.25, 0.3) is 0 Å². The third-order valence-electron chi connectivity index (χ3n) is 4.62. The van der Waals surface area contributed by atoms with Gasteiger partial charge in [0, 0.05) is 11.6 Å². The van der Waals surface area contributed by atoms with Crippen molar-refractivity contribution < 1.29 is 14.7 Å².